The molecule has 0 aromatic heterocycles. The van der Waals surface area contributed by atoms with E-state index in [-0.39, 0.29) is 17.9 Å². The summed E-state index contributed by atoms with van der Waals surface area (Å²) in [5.41, 5.74) is 3.53. The summed E-state index contributed by atoms with van der Waals surface area (Å²) in [5.74, 6) is -1.44. The summed E-state index contributed by atoms with van der Waals surface area (Å²) in [6, 6.07) is 14.2. The van der Waals surface area contributed by atoms with E-state index in [1.165, 1.54) is 4.90 Å². The second-order valence-corrected chi connectivity index (χ2v) is 6.76. The van der Waals surface area contributed by atoms with Crippen LogP contribution in [-0.2, 0) is 14.3 Å². The van der Waals surface area contributed by atoms with Crippen LogP contribution in [0.25, 0.3) is 5.76 Å². The number of aryl methyl sites for hydroxylation is 2. The molecule has 1 saturated heterocycles. The SMILES string of the molecule is COCCN1C(=O)C(=O)/C(=C(/O)c2ccc(C)cc2)[C@@H]1c1ccc(C)cc1. The van der Waals surface area contributed by atoms with Gasteiger partial charge in [0.1, 0.15) is 5.76 Å². The number of ether oxygens (including phenoxy) is 1. The van der Waals surface area contributed by atoms with Gasteiger partial charge in [-0.05, 0) is 19.4 Å². The first kappa shape index (κ1) is 18.9. The number of hydrogen-bond acceptors (Lipinski definition) is 4. The summed E-state index contributed by atoms with van der Waals surface area (Å²) in [6.45, 7) is 4.49. The maximum absolute atomic E-state index is 12.8. The van der Waals surface area contributed by atoms with Gasteiger partial charge in [-0.3, -0.25) is 9.59 Å². The molecule has 1 atom stereocenters. The van der Waals surface area contributed by atoms with Crippen molar-refractivity contribution in [3.05, 3.63) is 76.4 Å². The number of aliphatic hydroxyl groups is 1. The molecule has 1 fully saturated rings. The molecular formula is C22H23NO4. The fourth-order valence-corrected chi connectivity index (χ4v) is 3.26. The molecule has 1 heterocycles. The van der Waals surface area contributed by atoms with E-state index in [2.05, 4.69) is 0 Å². The lowest BCUT2D eigenvalue weighted by atomic mass is 9.94. The average molecular weight is 365 g/mol. The minimum atomic E-state index is -0.672. The Hall–Kier alpha value is -2.92. The van der Waals surface area contributed by atoms with Crippen LogP contribution in [0.4, 0.5) is 0 Å². The molecule has 27 heavy (non-hydrogen) atoms. The molecule has 0 spiro atoms. The smallest absolute Gasteiger partial charge is 0.295 e. The van der Waals surface area contributed by atoms with Crippen LogP contribution in [0.15, 0.2) is 54.1 Å². The minimum Gasteiger partial charge on any atom is -0.507 e. The summed E-state index contributed by atoms with van der Waals surface area (Å²) < 4.78 is 5.10. The zero-order valence-electron chi connectivity index (χ0n) is 15.7. The third-order valence-corrected chi connectivity index (χ3v) is 4.79. The van der Waals surface area contributed by atoms with Gasteiger partial charge in [0.2, 0.25) is 0 Å². The van der Waals surface area contributed by atoms with Crippen LogP contribution in [0.1, 0.15) is 28.3 Å². The molecule has 2 aromatic rings. The summed E-state index contributed by atoms with van der Waals surface area (Å²) in [6.07, 6.45) is 0. The summed E-state index contributed by atoms with van der Waals surface area (Å²) in [4.78, 5) is 26.9. The number of nitrogens with zero attached hydrogens (tertiary/aromatic N) is 1. The van der Waals surface area contributed by atoms with Gasteiger partial charge in [0.05, 0.1) is 18.2 Å². The van der Waals surface area contributed by atoms with Crippen molar-refractivity contribution in [2.24, 2.45) is 0 Å². The topological polar surface area (TPSA) is 66.8 Å². The number of likely N-dealkylation sites (tertiary alicyclic amines) is 1. The highest BCUT2D eigenvalue weighted by molar-refractivity contribution is 6.46. The number of benzene rings is 2. The van der Waals surface area contributed by atoms with Crippen LogP contribution in [0.3, 0.4) is 0 Å². The van der Waals surface area contributed by atoms with Crippen LogP contribution in [0.2, 0.25) is 0 Å². The predicted molar refractivity (Wildman–Crippen MR) is 103 cm³/mol. The molecule has 2 aromatic carbocycles. The monoisotopic (exact) mass is 365 g/mol. The lowest BCUT2D eigenvalue weighted by Crippen LogP contribution is -2.32. The zero-order valence-corrected chi connectivity index (χ0v) is 15.7. The van der Waals surface area contributed by atoms with E-state index in [1.54, 1.807) is 19.2 Å². The largest absolute Gasteiger partial charge is 0.507 e. The summed E-state index contributed by atoms with van der Waals surface area (Å²) in [7, 11) is 1.55. The van der Waals surface area contributed by atoms with Crippen molar-refractivity contribution in [1.82, 2.24) is 4.90 Å². The van der Waals surface area contributed by atoms with E-state index in [1.807, 2.05) is 50.2 Å². The first-order chi connectivity index (χ1) is 12.9. The van der Waals surface area contributed by atoms with Gasteiger partial charge in [-0.25, -0.2) is 0 Å². The second kappa shape index (κ2) is 7.76. The number of Topliss-reactive ketones (excluding diaryl/α,β-unsaturated/α-hetero) is 1. The highest BCUT2D eigenvalue weighted by Crippen LogP contribution is 2.39. The fourth-order valence-electron chi connectivity index (χ4n) is 3.26. The summed E-state index contributed by atoms with van der Waals surface area (Å²) >= 11 is 0. The highest BCUT2D eigenvalue weighted by atomic mass is 16.5. The Kier molecular flexibility index (Phi) is 5.42. The van der Waals surface area contributed by atoms with E-state index >= 15 is 0 Å². The predicted octanol–water partition coefficient (Wildman–Crippen LogP) is 3.37. The number of carbonyl (C=O) groups excluding carboxylic acids is 2. The van der Waals surface area contributed by atoms with E-state index in [9.17, 15) is 14.7 Å². The molecule has 1 aliphatic heterocycles. The number of carbonyl (C=O) groups is 2. The van der Waals surface area contributed by atoms with Crippen molar-refractivity contribution >= 4 is 17.4 Å². The molecule has 1 N–H and O–H groups in total. The maximum atomic E-state index is 12.8. The molecule has 0 unspecified atom stereocenters. The Morgan fingerprint density at radius 1 is 1.00 bits per heavy atom. The molecular weight excluding hydrogens is 342 g/mol. The van der Waals surface area contributed by atoms with Gasteiger partial charge >= 0.3 is 0 Å². The van der Waals surface area contributed by atoms with Crippen molar-refractivity contribution in [3.63, 3.8) is 0 Å². The van der Waals surface area contributed by atoms with Crippen LogP contribution >= 0.6 is 0 Å². The Balaban J connectivity index is 2.14. The number of hydrogen-bond donors (Lipinski definition) is 1. The Morgan fingerprint density at radius 2 is 1.56 bits per heavy atom. The Bertz CT molecular complexity index is 882. The first-order valence-corrected chi connectivity index (χ1v) is 8.85. The molecule has 0 aliphatic carbocycles. The molecule has 5 nitrogen and oxygen atoms in total. The molecule has 5 heteroatoms. The van der Waals surface area contributed by atoms with Crippen LogP contribution < -0.4 is 0 Å². The van der Waals surface area contributed by atoms with Gasteiger partial charge < -0.3 is 14.7 Å². The van der Waals surface area contributed by atoms with Crippen molar-refractivity contribution in [2.75, 3.05) is 20.3 Å². The van der Waals surface area contributed by atoms with Gasteiger partial charge in [0, 0.05) is 19.2 Å². The van der Waals surface area contributed by atoms with Crippen molar-refractivity contribution in [2.45, 2.75) is 19.9 Å². The Morgan fingerprint density at radius 3 is 2.11 bits per heavy atom. The first-order valence-electron chi connectivity index (χ1n) is 8.85. The van der Waals surface area contributed by atoms with Crippen LogP contribution in [-0.4, -0.2) is 42.0 Å². The van der Waals surface area contributed by atoms with E-state index < -0.39 is 17.7 Å². The van der Waals surface area contributed by atoms with E-state index in [0.717, 1.165) is 16.7 Å². The van der Waals surface area contributed by atoms with Gasteiger partial charge in [-0.15, -0.1) is 0 Å². The fraction of sp³-hybridized carbons (Fsp3) is 0.273. The number of aliphatic hydroxyl groups excluding tert-OH is 1. The highest BCUT2D eigenvalue weighted by Gasteiger charge is 2.45. The number of ketones is 1. The summed E-state index contributed by atoms with van der Waals surface area (Å²) in [5, 5.41) is 10.9. The Labute approximate surface area is 158 Å². The van der Waals surface area contributed by atoms with Crippen molar-refractivity contribution in [3.8, 4) is 0 Å². The third kappa shape index (κ3) is 3.64. The molecule has 1 amide bonds. The van der Waals surface area contributed by atoms with Crippen molar-refractivity contribution in [1.29, 1.82) is 0 Å². The van der Waals surface area contributed by atoms with Crippen LogP contribution in [0.5, 0.6) is 0 Å². The van der Waals surface area contributed by atoms with E-state index in [4.69, 9.17) is 4.74 Å². The van der Waals surface area contributed by atoms with Gasteiger partial charge in [-0.2, -0.15) is 0 Å². The molecule has 0 saturated carbocycles. The van der Waals surface area contributed by atoms with Crippen LogP contribution in [0, 0.1) is 13.8 Å². The molecule has 3 rings (SSSR count). The van der Waals surface area contributed by atoms with E-state index in [0.29, 0.717) is 12.2 Å². The van der Waals surface area contributed by atoms with Gasteiger partial charge in [0.15, 0.2) is 0 Å². The third-order valence-electron chi connectivity index (χ3n) is 4.79. The second-order valence-electron chi connectivity index (χ2n) is 6.76. The molecule has 0 radical (unpaired) electrons. The molecule has 0 bridgehead atoms. The lowest BCUT2D eigenvalue weighted by molar-refractivity contribution is -0.140. The molecule has 1 aliphatic rings. The quantitative estimate of drug-likeness (QED) is 0.501. The number of amides is 1. The number of rotatable bonds is 5. The standard InChI is InChI=1S/C22H23NO4/c1-14-4-8-16(9-5-14)19-18(20(24)17-10-6-15(2)7-11-17)21(25)22(26)23(19)12-13-27-3/h4-11,19,24H,12-13H2,1-3H3/b20-18+/t19-/m0/s1. The lowest BCUT2D eigenvalue weighted by Gasteiger charge is -2.25. The minimum absolute atomic E-state index is 0.115. The maximum Gasteiger partial charge on any atom is 0.295 e. The van der Waals surface area contributed by atoms with Gasteiger partial charge in [0.25, 0.3) is 11.7 Å². The molecule has 140 valence electrons. The number of methoxy groups -OCH3 is 1. The van der Waals surface area contributed by atoms with Gasteiger partial charge in [-0.1, -0.05) is 59.7 Å². The normalized spacial score (nSPS) is 18.9. The average Bonchev–Trinajstić information content (AvgIpc) is 2.91. The zero-order chi connectivity index (χ0) is 19.6. The van der Waals surface area contributed by atoms with Crippen molar-refractivity contribution < 1.29 is 19.4 Å².